The lowest BCUT2D eigenvalue weighted by atomic mass is 10.2. The average molecular weight is 217 g/mol. The summed E-state index contributed by atoms with van der Waals surface area (Å²) in [6.45, 7) is 2.43. The van der Waals surface area contributed by atoms with Crippen LogP contribution in [0.1, 0.15) is 6.92 Å². The van der Waals surface area contributed by atoms with E-state index in [-0.39, 0.29) is 6.01 Å². The van der Waals surface area contributed by atoms with Gasteiger partial charge in [-0.05, 0) is 19.1 Å². The molecular formula is C11H11N3O2. The van der Waals surface area contributed by atoms with Crippen LogP contribution in [0.5, 0.6) is 0 Å². The Hall–Kier alpha value is -2.17. The van der Waals surface area contributed by atoms with Crippen molar-refractivity contribution in [2.45, 2.75) is 6.92 Å². The van der Waals surface area contributed by atoms with E-state index in [1.54, 1.807) is 0 Å². The molecule has 0 aliphatic rings. The van der Waals surface area contributed by atoms with Crippen molar-refractivity contribution in [3.63, 3.8) is 0 Å². The molecule has 1 aromatic carbocycles. The third-order valence-corrected chi connectivity index (χ3v) is 1.84. The Kier molecular flexibility index (Phi) is 3.28. The van der Waals surface area contributed by atoms with Crippen molar-refractivity contribution in [2.75, 3.05) is 6.61 Å². The molecule has 0 bridgehead atoms. The number of hydrogen-bond donors (Lipinski definition) is 0. The Morgan fingerprint density at radius 1 is 1.31 bits per heavy atom. The summed E-state index contributed by atoms with van der Waals surface area (Å²) in [5.74, 6) is 0.448. The highest BCUT2D eigenvalue weighted by Gasteiger charge is 2.05. The minimum atomic E-state index is 0.187. The molecule has 0 aliphatic carbocycles. The fourth-order valence-electron chi connectivity index (χ4n) is 1.12. The van der Waals surface area contributed by atoms with Crippen molar-refractivity contribution in [1.29, 1.82) is 0 Å². The van der Waals surface area contributed by atoms with Crippen molar-refractivity contribution in [3.8, 4) is 11.5 Å². The fraction of sp³-hybridized carbons (Fsp3) is 0.182. The summed E-state index contributed by atoms with van der Waals surface area (Å²) >= 11 is 0. The SMILES string of the molecule is CCO/C=N/c1nnc(-c2ccccc2)o1. The molecule has 0 unspecified atom stereocenters. The van der Waals surface area contributed by atoms with Crippen molar-refractivity contribution in [3.05, 3.63) is 30.3 Å². The van der Waals surface area contributed by atoms with Gasteiger partial charge >= 0.3 is 6.01 Å². The molecule has 0 N–H and O–H groups in total. The molecule has 0 fully saturated rings. The average Bonchev–Trinajstić information content (AvgIpc) is 2.79. The summed E-state index contributed by atoms with van der Waals surface area (Å²) in [6, 6.07) is 9.71. The van der Waals surface area contributed by atoms with E-state index < -0.39 is 0 Å². The number of nitrogens with zero attached hydrogens (tertiary/aromatic N) is 3. The molecule has 0 radical (unpaired) electrons. The molecule has 82 valence electrons. The minimum Gasteiger partial charge on any atom is -0.483 e. The first-order valence-electron chi connectivity index (χ1n) is 4.93. The summed E-state index contributed by atoms with van der Waals surface area (Å²) in [5.41, 5.74) is 0.868. The van der Waals surface area contributed by atoms with Crippen LogP contribution >= 0.6 is 0 Å². The van der Waals surface area contributed by atoms with Gasteiger partial charge in [0.1, 0.15) is 0 Å². The smallest absolute Gasteiger partial charge is 0.345 e. The van der Waals surface area contributed by atoms with Crippen LogP contribution in [0, 0.1) is 0 Å². The van der Waals surface area contributed by atoms with Crippen LogP contribution in [0.2, 0.25) is 0 Å². The van der Waals surface area contributed by atoms with Gasteiger partial charge in [0, 0.05) is 5.56 Å². The lowest BCUT2D eigenvalue weighted by Crippen LogP contribution is -1.83. The normalized spacial score (nSPS) is 10.8. The van der Waals surface area contributed by atoms with Crippen molar-refractivity contribution >= 4 is 12.4 Å². The van der Waals surface area contributed by atoms with Gasteiger partial charge in [0.15, 0.2) is 6.40 Å². The maximum atomic E-state index is 5.32. The minimum absolute atomic E-state index is 0.187. The molecule has 2 rings (SSSR count). The third-order valence-electron chi connectivity index (χ3n) is 1.84. The molecule has 16 heavy (non-hydrogen) atoms. The van der Waals surface area contributed by atoms with Crippen LogP contribution in [-0.4, -0.2) is 23.2 Å². The second-order valence-corrected chi connectivity index (χ2v) is 2.95. The Balaban J connectivity index is 2.14. The van der Waals surface area contributed by atoms with Gasteiger partial charge in [-0.1, -0.05) is 23.3 Å². The first kappa shape index (κ1) is 10.4. The fourth-order valence-corrected chi connectivity index (χ4v) is 1.12. The molecule has 5 nitrogen and oxygen atoms in total. The maximum absolute atomic E-state index is 5.32. The van der Waals surface area contributed by atoms with Gasteiger partial charge in [0.25, 0.3) is 0 Å². The highest BCUT2D eigenvalue weighted by molar-refractivity contribution is 5.54. The maximum Gasteiger partial charge on any atom is 0.345 e. The first-order valence-corrected chi connectivity index (χ1v) is 4.93. The van der Waals surface area contributed by atoms with E-state index in [2.05, 4.69) is 15.2 Å². The second kappa shape index (κ2) is 5.06. The summed E-state index contributed by atoms with van der Waals surface area (Å²) in [7, 11) is 0. The third kappa shape index (κ3) is 2.44. The van der Waals surface area contributed by atoms with Crippen LogP contribution in [0.4, 0.5) is 6.01 Å². The Bertz CT molecular complexity index is 465. The largest absolute Gasteiger partial charge is 0.483 e. The molecule has 0 amide bonds. The first-order chi connectivity index (χ1) is 7.90. The molecule has 2 aromatic rings. The van der Waals surface area contributed by atoms with Gasteiger partial charge in [0.2, 0.25) is 5.89 Å². The number of benzene rings is 1. The van der Waals surface area contributed by atoms with Gasteiger partial charge in [-0.2, -0.15) is 4.99 Å². The van der Waals surface area contributed by atoms with Crippen LogP contribution in [0.25, 0.3) is 11.5 Å². The van der Waals surface area contributed by atoms with E-state index in [1.807, 2.05) is 37.3 Å². The zero-order valence-corrected chi connectivity index (χ0v) is 8.83. The summed E-state index contributed by atoms with van der Waals surface area (Å²) in [5, 5.41) is 7.65. The number of ether oxygens (including phenoxy) is 1. The summed E-state index contributed by atoms with van der Waals surface area (Å²) in [4.78, 5) is 3.85. The number of aromatic nitrogens is 2. The molecule has 1 heterocycles. The second-order valence-electron chi connectivity index (χ2n) is 2.95. The number of hydrogen-bond acceptors (Lipinski definition) is 5. The molecular weight excluding hydrogens is 206 g/mol. The van der Waals surface area contributed by atoms with Crippen molar-refractivity contribution in [1.82, 2.24) is 10.2 Å². The van der Waals surface area contributed by atoms with Gasteiger partial charge < -0.3 is 9.15 Å². The zero-order valence-electron chi connectivity index (χ0n) is 8.83. The molecule has 0 spiro atoms. The molecule has 0 aliphatic heterocycles. The topological polar surface area (TPSA) is 60.5 Å². The molecule has 1 aromatic heterocycles. The predicted octanol–water partition coefficient (Wildman–Crippen LogP) is 2.43. The number of rotatable bonds is 4. The van der Waals surface area contributed by atoms with Crippen LogP contribution in [0.15, 0.2) is 39.7 Å². The van der Waals surface area contributed by atoms with E-state index in [0.29, 0.717) is 12.5 Å². The van der Waals surface area contributed by atoms with Gasteiger partial charge in [-0.15, -0.1) is 5.10 Å². The van der Waals surface area contributed by atoms with Gasteiger partial charge in [-0.25, -0.2) is 0 Å². The van der Waals surface area contributed by atoms with Gasteiger partial charge in [-0.3, -0.25) is 0 Å². The molecule has 0 saturated heterocycles. The van der Waals surface area contributed by atoms with E-state index >= 15 is 0 Å². The summed E-state index contributed by atoms with van der Waals surface area (Å²) in [6.07, 6.45) is 1.29. The predicted molar refractivity (Wildman–Crippen MR) is 59.5 cm³/mol. The van der Waals surface area contributed by atoms with Crippen LogP contribution < -0.4 is 0 Å². The molecule has 0 saturated carbocycles. The zero-order chi connectivity index (χ0) is 11.2. The van der Waals surface area contributed by atoms with Crippen molar-refractivity contribution in [2.24, 2.45) is 4.99 Å². The van der Waals surface area contributed by atoms with E-state index in [0.717, 1.165) is 5.56 Å². The quantitative estimate of drug-likeness (QED) is 0.583. The van der Waals surface area contributed by atoms with Crippen LogP contribution in [0.3, 0.4) is 0 Å². The van der Waals surface area contributed by atoms with E-state index in [4.69, 9.17) is 9.15 Å². The Morgan fingerprint density at radius 2 is 2.12 bits per heavy atom. The van der Waals surface area contributed by atoms with Crippen molar-refractivity contribution < 1.29 is 9.15 Å². The number of aliphatic imine (C=N–C) groups is 1. The lowest BCUT2D eigenvalue weighted by Gasteiger charge is -1.91. The Labute approximate surface area is 92.8 Å². The molecule has 0 atom stereocenters. The highest BCUT2D eigenvalue weighted by Crippen LogP contribution is 2.20. The van der Waals surface area contributed by atoms with Gasteiger partial charge in [0.05, 0.1) is 6.61 Å². The highest BCUT2D eigenvalue weighted by atomic mass is 16.5. The van der Waals surface area contributed by atoms with E-state index in [1.165, 1.54) is 6.40 Å². The van der Waals surface area contributed by atoms with E-state index in [9.17, 15) is 0 Å². The monoisotopic (exact) mass is 217 g/mol. The standard InChI is InChI=1S/C11H11N3O2/c1-2-15-8-12-11-14-13-10(16-11)9-6-4-3-5-7-9/h3-8H,2H2,1H3/b12-8+. The lowest BCUT2D eigenvalue weighted by molar-refractivity contribution is 0.343. The van der Waals surface area contributed by atoms with Crippen LogP contribution in [-0.2, 0) is 4.74 Å². The summed E-state index contributed by atoms with van der Waals surface area (Å²) < 4.78 is 10.2. The Morgan fingerprint density at radius 3 is 2.88 bits per heavy atom. The molecule has 5 heteroatoms.